The van der Waals surface area contributed by atoms with Crippen LogP contribution in [0.15, 0.2) is 0 Å². The molecular weight excluding hydrogens is 173 g/mol. The van der Waals surface area contributed by atoms with Gasteiger partial charge >= 0.3 is 5.97 Å². The van der Waals surface area contributed by atoms with Gasteiger partial charge in [0.1, 0.15) is 0 Å². The highest BCUT2D eigenvalue weighted by atomic mass is 32.1. The molecule has 0 bridgehead atoms. The van der Waals surface area contributed by atoms with E-state index >= 15 is 0 Å². The second kappa shape index (κ2) is 4.66. The summed E-state index contributed by atoms with van der Waals surface area (Å²) in [6, 6.07) is -0.717. The summed E-state index contributed by atoms with van der Waals surface area (Å²) in [4.78, 5) is 20.5. The average Bonchev–Trinajstić information content (AvgIpc) is 1.81. The second-order valence-electron chi connectivity index (χ2n) is 1.68. The number of hydrogen-bond donors (Lipinski definition) is 3. The number of aliphatic carboxylic acids is 1. The summed E-state index contributed by atoms with van der Waals surface area (Å²) in [5.41, 5.74) is -0.308. The Morgan fingerprint density at radius 2 is 2.20 bits per heavy atom. The van der Waals surface area contributed by atoms with Crippen molar-refractivity contribution in [1.29, 1.82) is 0 Å². The Balaban J connectivity index is 3.83. The fourth-order valence-corrected chi connectivity index (χ4v) is 0.944. The number of rotatable bonds is 4. The van der Waals surface area contributed by atoms with Crippen molar-refractivity contribution in [2.45, 2.75) is 12.5 Å². The van der Waals surface area contributed by atoms with E-state index in [2.05, 4.69) is 17.5 Å². The SMILES string of the molecule is O=C(O)C[C@H](NS)C(=O)P. The predicted molar refractivity (Wildman–Crippen MR) is 42.9 cm³/mol. The molecule has 0 amide bonds. The number of hydrogen-bond acceptors (Lipinski definition) is 4. The first-order valence-corrected chi connectivity index (χ1v) is 3.51. The number of carbonyl (C=O) groups is 2. The molecule has 2 atom stereocenters. The van der Waals surface area contributed by atoms with Crippen LogP contribution in [0.5, 0.6) is 0 Å². The van der Waals surface area contributed by atoms with E-state index in [-0.39, 0.29) is 11.9 Å². The van der Waals surface area contributed by atoms with Gasteiger partial charge in [-0.15, -0.1) is 0 Å². The fraction of sp³-hybridized carbons (Fsp3) is 0.500. The van der Waals surface area contributed by atoms with E-state index in [9.17, 15) is 9.59 Å². The van der Waals surface area contributed by atoms with Gasteiger partial charge in [-0.25, -0.2) is 0 Å². The number of carbonyl (C=O) groups excluding carboxylic acids is 1. The van der Waals surface area contributed by atoms with Crippen molar-refractivity contribution in [2.24, 2.45) is 0 Å². The molecule has 0 aliphatic carbocycles. The van der Waals surface area contributed by atoms with Crippen molar-refractivity contribution in [2.75, 3.05) is 0 Å². The summed E-state index contributed by atoms with van der Waals surface area (Å²) < 4.78 is 2.28. The van der Waals surface area contributed by atoms with Crippen LogP contribution in [0.4, 0.5) is 0 Å². The summed E-state index contributed by atoms with van der Waals surface area (Å²) in [5.74, 6) is -1.03. The van der Waals surface area contributed by atoms with E-state index in [4.69, 9.17) is 5.11 Å². The first kappa shape index (κ1) is 9.88. The summed E-state index contributed by atoms with van der Waals surface area (Å²) >= 11 is 3.58. The molecule has 0 radical (unpaired) electrons. The normalized spacial score (nSPS) is 12.6. The van der Waals surface area contributed by atoms with Gasteiger partial charge in [0.25, 0.3) is 0 Å². The van der Waals surface area contributed by atoms with Crippen LogP contribution >= 0.6 is 22.1 Å². The lowest BCUT2D eigenvalue weighted by Gasteiger charge is -2.06. The molecule has 0 aromatic carbocycles. The van der Waals surface area contributed by atoms with E-state index in [1.807, 2.05) is 9.24 Å². The van der Waals surface area contributed by atoms with Crippen molar-refractivity contribution >= 4 is 33.5 Å². The van der Waals surface area contributed by atoms with Gasteiger partial charge in [-0.3, -0.25) is 14.3 Å². The molecule has 0 fully saturated rings. The second-order valence-corrected chi connectivity index (χ2v) is 2.51. The number of nitrogens with one attached hydrogen (secondary N) is 1. The fourth-order valence-electron chi connectivity index (χ4n) is 0.384. The van der Waals surface area contributed by atoms with Gasteiger partial charge in [-0.1, -0.05) is 22.1 Å². The molecule has 58 valence electrons. The van der Waals surface area contributed by atoms with Crippen LogP contribution in [-0.2, 0) is 9.59 Å². The van der Waals surface area contributed by atoms with Crippen LogP contribution < -0.4 is 4.72 Å². The molecule has 0 rings (SSSR count). The minimum absolute atomic E-state index is 0.244. The van der Waals surface area contributed by atoms with Crippen molar-refractivity contribution in [3.8, 4) is 0 Å². The third kappa shape index (κ3) is 3.82. The van der Waals surface area contributed by atoms with Crippen molar-refractivity contribution in [1.82, 2.24) is 4.72 Å². The van der Waals surface area contributed by atoms with Gasteiger partial charge in [-0.05, 0) is 0 Å². The van der Waals surface area contributed by atoms with Crippen LogP contribution in [0.2, 0.25) is 0 Å². The van der Waals surface area contributed by atoms with E-state index in [1.165, 1.54) is 0 Å². The van der Waals surface area contributed by atoms with Gasteiger partial charge in [0.05, 0.1) is 12.5 Å². The lowest BCUT2D eigenvalue weighted by Crippen LogP contribution is -2.29. The standard InChI is InChI=1S/C4H8NO3PS/c6-3(7)1-2(5-10)4(8)9/h2,5,10H,1,9H2,(H,6,7)/t2-/m0/s1. The van der Waals surface area contributed by atoms with E-state index in [1.54, 1.807) is 0 Å². The zero-order chi connectivity index (χ0) is 8.15. The Bertz CT molecular complexity index is 151. The Hall–Kier alpha value is -0.120. The summed E-state index contributed by atoms with van der Waals surface area (Å²) in [5, 5.41) is 8.23. The minimum atomic E-state index is -1.03. The third-order valence-electron chi connectivity index (χ3n) is 0.878. The highest BCUT2D eigenvalue weighted by molar-refractivity contribution is 7.78. The average molecular weight is 181 g/mol. The van der Waals surface area contributed by atoms with Crippen molar-refractivity contribution < 1.29 is 14.7 Å². The number of thiol groups is 1. The van der Waals surface area contributed by atoms with E-state index < -0.39 is 12.0 Å². The summed E-state index contributed by atoms with van der Waals surface area (Å²) in [6.45, 7) is 0. The van der Waals surface area contributed by atoms with Gasteiger partial charge < -0.3 is 5.11 Å². The molecule has 1 unspecified atom stereocenters. The molecule has 0 spiro atoms. The van der Waals surface area contributed by atoms with Gasteiger partial charge in [0.15, 0.2) is 5.52 Å². The number of carboxylic acids is 1. The van der Waals surface area contributed by atoms with Crippen LogP contribution in [0.1, 0.15) is 6.42 Å². The van der Waals surface area contributed by atoms with Crippen LogP contribution in [0.25, 0.3) is 0 Å². The Morgan fingerprint density at radius 1 is 1.70 bits per heavy atom. The van der Waals surface area contributed by atoms with E-state index in [0.717, 1.165) is 0 Å². The van der Waals surface area contributed by atoms with E-state index in [0.29, 0.717) is 0 Å². The maximum absolute atomic E-state index is 10.5. The maximum Gasteiger partial charge on any atom is 0.305 e. The summed E-state index contributed by atoms with van der Waals surface area (Å²) in [6.07, 6.45) is -0.244. The topological polar surface area (TPSA) is 66.4 Å². The smallest absolute Gasteiger partial charge is 0.305 e. The molecule has 6 heteroatoms. The van der Waals surface area contributed by atoms with Crippen LogP contribution in [0, 0.1) is 0 Å². The minimum Gasteiger partial charge on any atom is -0.481 e. The molecule has 0 heterocycles. The monoisotopic (exact) mass is 181 g/mol. The Labute approximate surface area is 66.1 Å². The molecule has 10 heavy (non-hydrogen) atoms. The quantitative estimate of drug-likeness (QED) is 0.410. The lowest BCUT2D eigenvalue weighted by molar-refractivity contribution is -0.138. The zero-order valence-electron chi connectivity index (χ0n) is 5.07. The first-order valence-electron chi connectivity index (χ1n) is 2.48. The molecular formula is C4H8NO3PS. The van der Waals surface area contributed by atoms with Crippen LogP contribution in [0.3, 0.4) is 0 Å². The van der Waals surface area contributed by atoms with Gasteiger partial charge in [-0.2, -0.15) is 0 Å². The first-order chi connectivity index (χ1) is 4.57. The van der Waals surface area contributed by atoms with Crippen molar-refractivity contribution in [3.63, 3.8) is 0 Å². The largest absolute Gasteiger partial charge is 0.481 e. The highest BCUT2D eigenvalue weighted by Gasteiger charge is 2.15. The molecule has 2 N–H and O–H groups in total. The van der Waals surface area contributed by atoms with Gasteiger partial charge in [0, 0.05) is 0 Å². The predicted octanol–water partition coefficient (Wildman–Crippen LogP) is -0.334. The number of carboxylic acid groups (broad SMARTS) is 1. The highest BCUT2D eigenvalue weighted by Crippen LogP contribution is 2.00. The zero-order valence-corrected chi connectivity index (χ0v) is 7.12. The summed E-state index contributed by atoms with van der Waals surface area (Å²) in [7, 11) is 1.89. The lowest BCUT2D eigenvalue weighted by atomic mass is 10.2. The van der Waals surface area contributed by atoms with Crippen LogP contribution in [-0.4, -0.2) is 22.6 Å². The molecule has 0 aromatic rings. The van der Waals surface area contributed by atoms with Crippen molar-refractivity contribution in [3.05, 3.63) is 0 Å². The molecule has 0 aliphatic rings. The molecule has 0 aliphatic heterocycles. The van der Waals surface area contributed by atoms with Gasteiger partial charge in [0.2, 0.25) is 0 Å². The maximum atomic E-state index is 10.5. The third-order valence-corrected chi connectivity index (χ3v) is 1.59. The molecule has 0 saturated heterocycles. The molecule has 0 aromatic heterocycles. The Kier molecular flexibility index (Phi) is 4.60. The molecule has 4 nitrogen and oxygen atoms in total. The Morgan fingerprint density at radius 3 is 2.30 bits per heavy atom. The molecule has 0 saturated carbocycles.